The fourth-order valence-corrected chi connectivity index (χ4v) is 5.42. The van der Waals surface area contributed by atoms with Crippen molar-refractivity contribution in [1.29, 1.82) is 0 Å². The molecule has 0 saturated carbocycles. The fraction of sp³-hybridized carbons (Fsp3) is 0.880. The maximum absolute atomic E-state index is 14.1. The van der Waals surface area contributed by atoms with Crippen LogP contribution in [0.1, 0.15) is 52.9 Å². The number of ether oxygens (including phenoxy) is 5. The molecule has 3 unspecified atom stereocenters. The zero-order valence-electron chi connectivity index (χ0n) is 29.2. The van der Waals surface area contributed by atoms with E-state index in [0.717, 1.165) is 22.6 Å². The van der Waals surface area contributed by atoms with Gasteiger partial charge in [-0.1, -0.05) is 66.3 Å². The smallest absolute Gasteiger partial charge is 0.464 e. The highest BCUT2D eigenvalue weighted by Crippen LogP contribution is 2.51. The zero-order valence-corrected chi connectivity index (χ0v) is 35.1. The third-order valence-electron chi connectivity index (χ3n) is 6.24. The largest absolute Gasteiger partial charge is 0.466 e. The van der Waals surface area contributed by atoms with Crippen LogP contribution in [0.2, 0.25) is 0 Å². The lowest BCUT2D eigenvalue weighted by atomic mass is 9.95. The van der Waals surface area contributed by atoms with E-state index in [1.165, 1.54) is 36.4 Å². The number of hydrogen-bond acceptors (Lipinski definition) is 12. The summed E-state index contributed by atoms with van der Waals surface area (Å²) in [5, 5.41) is -13.8. The minimum absolute atomic E-state index is 0.0816. The summed E-state index contributed by atoms with van der Waals surface area (Å²) in [6.45, 7) is 3.32. The van der Waals surface area contributed by atoms with Gasteiger partial charge in [-0.05, 0) is 26.7 Å². The van der Waals surface area contributed by atoms with Crippen molar-refractivity contribution >= 4 is 83.5 Å². The van der Waals surface area contributed by atoms with Crippen molar-refractivity contribution in [2.24, 2.45) is 5.92 Å². The van der Waals surface area contributed by atoms with Gasteiger partial charge in [0.1, 0.15) is 7.85 Å². The van der Waals surface area contributed by atoms with Crippen molar-refractivity contribution in [1.82, 2.24) is 0 Å². The molecule has 0 radical (unpaired) electrons. The molecule has 0 aliphatic carbocycles. The molecule has 59 heavy (non-hydrogen) atoms. The molecule has 0 aromatic carbocycles. The number of carbonyl (C=O) groups is 3. The molecule has 3 atom stereocenters. The van der Waals surface area contributed by atoms with E-state index in [9.17, 15) is 109 Å². The predicted molar refractivity (Wildman–Crippen MR) is 174 cm³/mol. The van der Waals surface area contributed by atoms with Gasteiger partial charge in [0.25, 0.3) is 0 Å². The van der Waals surface area contributed by atoms with E-state index in [1.807, 2.05) is 4.74 Å². The monoisotopic (exact) mass is 1180 g/mol. The first-order chi connectivity index (χ1) is 26.0. The van der Waals surface area contributed by atoms with Crippen molar-refractivity contribution in [2.75, 3.05) is 19.8 Å². The van der Waals surface area contributed by atoms with Crippen LogP contribution in [0.4, 0.5) is 78.0 Å². The van der Waals surface area contributed by atoms with E-state index in [2.05, 4.69) is 14.2 Å². The summed E-state index contributed by atoms with van der Waals surface area (Å²) in [7, 11) is -15.1. The summed E-state index contributed by atoms with van der Waals surface area (Å²) >= 11 is 2.22. The lowest BCUT2D eigenvalue weighted by Crippen LogP contribution is -2.55. The van der Waals surface area contributed by atoms with E-state index in [1.54, 1.807) is 6.92 Å². The van der Waals surface area contributed by atoms with Gasteiger partial charge in [-0.15, -0.1) is 0 Å². The molecule has 0 bridgehead atoms. The molecule has 0 spiro atoms. The Balaban J connectivity index is 0. The number of rotatable bonds is 24. The topological polar surface area (TPSA) is 166 Å². The SMILES string of the molecule is CCCCOC(=O)C(I)CC(CC(F)(F)C(F)(F)OC(F)(F)C(F)(F)S(=O)(=O)F)C(=O)OCC.CCOC(=O)C(I)CC(F)(F)C(F)(F)OC(F)(F)C(F)(F)S(=O)(=O)F. The second-order valence-corrected chi connectivity index (χ2v) is 16.7. The number of hydrogen-bond donors (Lipinski definition) is 0. The molecule has 352 valence electrons. The van der Waals surface area contributed by atoms with Gasteiger partial charge in [0, 0.05) is 12.8 Å². The maximum atomic E-state index is 14.1. The summed E-state index contributed by atoms with van der Waals surface area (Å²) < 4.78 is 291. The maximum Gasteiger partial charge on any atom is 0.464 e. The molecule has 0 aliphatic heterocycles. The molecule has 0 aromatic heterocycles. The second kappa shape index (κ2) is 21.7. The van der Waals surface area contributed by atoms with E-state index in [0.29, 0.717) is 12.8 Å². The van der Waals surface area contributed by atoms with Gasteiger partial charge in [-0.2, -0.15) is 87.1 Å². The van der Waals surface area contributed by atoms with E-state index in [-0.39, 0.29) is 13.2 Å². The first kappa shape index (κ1) is 59.5. The van der Waals surface area contributed by atoms with E-state index >= 15 is 0 Å². The number of carbonyl (C=O) groups excluding carboxylic acids is 3. The summed E-state index contributed by atoms with van der Waals surface area (Å²) in [5.74, 6) is -17.8. The summed E-state index contributed by atoms with van der Waals surface area (Å²) in [5.41, 5.74) is 0. The van der Waals surface area contributed by atoms with Gasteiger partial charge in [0.05, 0.1) is 25.7 Å². The minimum Gasteiger partial charge on any atom is -0.466 e. The highest BCUT2D eigenvalue weighted by molar-refractivity contribution is 14.1. The lowest BCUT2D eigenvalue weighted by Gasteiger charge is -2.32. The number of esters is 3. The average molecular weight is 1180 g/mol. The molecular weight excluding hydrogens is 1150 g/mol. The standard InChI is InChI=1S/C16H20F9IO7S.C9H8F9IO5S/c1-3-5-6-32-12(28)10(26)7-9(11(27)31-4-2)8-13(17,18)14(19,20)33-15(21,22)16(23,24)34(25,29)30;1-2-23-5(20)4(19)3-6(10,11)7(12,13)24-8(14,15)9(16,17)25(18,21)22/h9-10H,3-8H2,1-2H3;4H,2-3H2,1H3. The Morgan fingerprint density at radius 2 is 0.864 bits per heavy atom. The number of unbranched alkanes of at least 4 members (excludes halogenated alkanes) is 1. The predicted octanol–water partition coefficient (Wildman–Crippen LogP) is 8.30. The quantitative estimate of drug-likeness (QED) is 0.0173. The first-order valence-corrected chi connectivity index (χ1v) is 20.3. The zero-order chi connectivity index (χ0) is 47.7. The van der Waals surface area contributed by atoms with Crippen LogP contribution in [0.25, 0.3) is 0 Å². The molecule has 0 aromatic rings. The van der Waals surface area contributed by atoms with E-state index < -0.39 is 125 Å². The summed E-state index contributed by atoms with van der Waals surface area (Å²) in [6, 6.07) is 0. The Morgan fingerprint density at radius 3 is 1.20 bits per heavy atom. The van der Waals surface area contributed by atoms with Crippen LogP contribution in [-0.2, 0) is 58.5 Å². The van der Waals surface area contributed by atoms with Crippen LogP contribution in [0, 0.1) is 5.92 Å². The van der Waals surface area contributed by atoms with Crippen molar-refractivity contribution in [2.45, 2.75) is 108 Å². The van der Waals surface area contributed by atoms with Gasteiger partial charge in [0.2, 0.25) is 0 Å². The van der Waals surface area contributed by atoms with Gasteiger partial charge in [-0.3, -0.25) is 14.4 Å². The van der Waals surface area contributed by atoms with Crippen molar-refractivity contribution < 1.29 is 133 Å². The highest BCUT2D eigenvalue weighted by Gasteiger charge is 2.76. The van der Waals surface area contributed by atoms with Crippen molar-refractivity contribution in [3.05, 3.63) is 0 Å². The fourth-order valence-electron chi connectivity index (χ4n) is 3.24. The van der Waals surface area contributed by atoms with Crippen LogP contribution in [0.5, 0.6) is 0 Å². The lowest BCUT2D eigenvalue weighted by molar-refractivity contribution is -0.457. The van der Waals surface area contributed by atoms with Crippen LogP contribution in [-0.4, -0.2) is 109 Å². The van der Waals surface area contributed by atoms with Crippen LogP contribution in [0.15, 0.2) is 0 Å². The third kappa shape index (κ3) is 16.3. The average Bonchev–Trinajstić information content (AvgIpc) is 3.02. The van der Waals surface area contributed by atoms with Crippen LogP contribution >= 0.6 is 45.2 Å². The van der Waals surface area contributed by atoms with Crippen molar-refractivity contribution in [3.63, 3.8) is 0 Å². The van der Waals surface area contributed by atoms with E-state index in [4.69, 9.17) is 4.74 Å². The Bertz CT molecular complexity index is 1640. The molecule has 34 heteroatoms. The number of alkyl halides is 18. The Morgan fingerprint density at radius 1 is 0.525 bits per heavy atom. The highest BCUT2D eigenvalue weighted by atomic mass is 127. The molecule has 0 amide bonds. The summed E-state index contributed by atoms with van der Waals surface area (Å²) in [4.78, 5) is 34.9. The molecule has 0 fully saturated rings. The van der Waals surface area contributed by atoms with Gasteiger partial charge in [0.15, 0.2) is 0 Å². The Kier molecular flexibility index (Phi) is 21.9. The Labute approximate surface area is 348 Å². The second-order valence-electron chi connectivity index (χ2n) is 10.9. The Hall–Kier alpha value is -1.57. The van der Waals surface area contributed by atoms with Crippen molar-refractivity contribution in [3.8, 4) is 0 Å². The molecule has 12 nitrogen and oxygen atoms in total. The third-order valence-corrected chi connectivity index (χ3v) is 9.91. The molecule has 0 aliphatic rings. The summed E-state index contributed by atoms with van der Waals surface area (Å²) in [6.07, 6.45) is -31.1. The van der Waals surface area contributed by atoms with Gasteiger partial charge >= 0.3 is 85.1 Å². The minimum atomic E-state index is -7.57. The number of halogens is 20. The van der Waals surface area contributed by atoms with Crippen LogP contribution in [0.3, 0.4) is 0 Å². The molecular formula is C25H28F18I2O12S2. The first-order valence-electron chi connectivity index (χ1n) is 15.1. The molecule has 0 rings (SSSR count). The van der Waals surface area contributed by atoms with Gasteiger partial charge in [-0.25, -0.2) is 9.47 Å². The molecule has 0 N–H and O–H groups in total. The molecule has 0 heterocycles. The molecule has 0 saturated heterocycles. The normalized spacial score (nSPS) is 15.6. The van der Waals surface area contributed by atoms with Crippen LogP contribution < -0.4 is 0 Å². The van der Waals surface area contributed by atoms with Gasteiger partial charge < -0.3 is 14.2 Å².